The van der Waals surface area contributed by atoms with E-state index >= 15 is 0 Å². The minimum atomic E-state index is -4.61. The Morgan fingerprint density at radius 1 is 1.46 bits per heavy atom. The monoisotopic (exact) mass is 196 g/mol. The second-order valence-corrected chi connectivity index (χ2v) is 3.60. The fourth-order valence-corrected chi connectivity index (χ4v) is 1.50. The number of carbonyl (C=O) groups is 1. The molecule has 0 radical (unpaired) electrons. The minimum absolute atomic E-state index is 0.462. The maximum atomic E-state index is 11.9. The molecule has 1 fully saturated rings. The largest absolute Gasteiger partial charge is 0.414 e. The smallest absolute Gasteiger partial charge is 0.384 e. The molecule has 1 saturated carbocycles. The van der Waals surface area contributed by atoms with Crippen molar-refractivity contribution in [2.24, 2.45) is 5.41 Å². The van der Waals surface area contributed by atoms with Gasteiger partial charge in [-0.15, -0.1) is 0 Å². The van der Waals surface area contributed by atoms with Crippen molar-refractivity contribution in [3.8, 4) is 0 Å². The predicted molar refractivity (Wildman–Crippen MR) is 39.0 cm³/mol. The standard InChI is InChI=1S/C8H11F3O2/c9-8(10,11)6(13)4-7(5-12)2-1-3-7/h5-6,13H,1-4H2. The molecule has 1 N–H and O–H groups in total. The van der Waals surface area contributed by atoms with Crippen LogP contribution in [0.2, 0.25) is 0 Å². The number of carbonyl (C=O) groups excluding carboxylic acids is 1. The van der Waals surface area contributed by atoms with E-state index in [1.54, 1.807) is 0 Å². The van der Waals surface area contributed by atoms with E-state index in [1.807, 2.05) is 0 Å². The van der Waals surface area contributed by atoms with Crippen LogP contribution >= 0.6 is 0 Å². The van der Waals surface area contributed by atoms with Crippen LogP contribution < -0.4 is 0 Å². The molecular weight excluding hydrogens is 185 g/mol. The van der Waals surface area contributed by atoms with Crippen LogP contribution in [0, 0.1) is 5.41 Å². The Hall–Kier alpha value is -0.580. The number of aliphatic hydroxyl groups excluding tert-OH is 1. The average molecular weight is 196 g/mol. The summed E-state index contributed by atoms with van der Waals surface area (Å²) in [5.41, 5.74) is -0.908. The van der Waals surface area contributed by atoms with Gasteiger partial charge in [0, 0.05) is 5.41 Å². The molecule has 5 heteroatoms. The highest BCUT2D eigenvalue weighted by Crippen LogP contribution is 2.44. The molecule has 0 heterocycles. The Morgan fingerprint density at radius 3 is 2.23 bits per heavy atom. The van der Waals surface area contributed by atoms with Gasteiger partial charge in [0.15, 0.2) is 6.10 Å². The SMILES string of the molecule is O=CC1(CC(O)C(F)(F)F)CCC1. The van der Waals surface area contributed by atoms with E-state index in [-0.39, 0.29) is 0 Å². The van der Waals surface area contributed by atoms with E-state index in [4.69, 9.17) is 5.11 Å². The average Bonchev–Trinajstić information content (AvgIpc) is 1.94. The minimum Gasteiger partial charge on any atom is -0.384 e. The van der Waals surface area contributed by atoms with E-state index in [1.165, 1.54) is 0 Å². The first-order valence-corrected chi connectivity index (χ1v) is 4.11. The van der Waals surface area contributed by atoms with Crippen molar-refractivity contribution < 1.29 is 23.1 Å². The zero-order valence-corrected chi connectivity index (χ0v) is 6.97. The first-order chi connectivity index (χ1) is 5.90. The van der Waals surface area contributed by atoms with Gasteiger partial charge in [0.25, 0.3) is 0 Å². The summed E-state index contributed by atoms with van der Waals surface area (Å²) in [7, 11) is 0. The fourth-order valence-electron chi connectivity index (χ4n) is 1.50. The molecule has 0 aliphatic heterocycles. The van der Waals surface area contributed by atoms with Crippen molar-refractivity contribution in [2.45, 2.75) is 38.0 Å². The van der Waals surface area contributed by atoms with Crippen LogP contribution in [0.25, 0.3) is 0 Å². The number of aliphatic hydroxyl groups is 1. The molecule has 0 amide bonds. The maximum Gasteiger partial charge on any atom is 0.414 e. The van der Waals surface area contributed by atoms with Crippen molar-refractivity contribution in [2.75, 3.05) is 0 Å². The lowest BCUT2D eigenvalue weighted by atomic mass is 9.67. The highest BCUT2D eigenvalue weighted by molar-refractivity contribution is 5.60. The molecule has 1 rings (SSSR count). The molecule has 13 heavy (non-hydrogen) atoms. The Morgan fingerprint density at radius 2 is 2.00 bits per heavy atom. The molecule has 0 aromatic heterocycles. The van der Waals surface area contributed by atoms with Crippen LogP contribution in [0.4, 0.5) is 13.2 Å². The number of hydrogen-bond acceptors (Lipinski definition) is 2. The molecule has 0 bridgehead atoms. The zero-order chi connectivity index (χ0) is 10.1. The second-order valence-electron chi connectivity index (χ2n) is 3.60. The van der Waals surface area contributed by atoms with E-state index in [2.05, 4.69) is 0 Å². The predicted octanol–water partition coefficient (Wildman–Crippen LogP) is 1.67. The Kier molecular flexibility index (Phi) is 2.66. The first-order valence-electron chi connectivity index (χ1n) is 4.11. The molecule has 1 aliphatic carbocycles. The third-order valence-corrected chi connectivity index (χ3v) is 2.58. The van der Waals surface area contributed by atoms with Crippen LogP contribution in [0.1, 0.15) is 25.7 Å². The number of hydrogen-bond donors (Lipinski definition) is 1. The molecule has 1 aliphatic rings. The molecule has 1 atom stereocenters. The molecular formula is C8H11F3O2. The molecule has 0 saturated heterocycles. The van der Waals surface area contributed by atoms with Crippen molar-refractivity contribution in [1.82, 2.24) is 0 Å². The summed E-state index contributed by atoms with van der Waals surface area (Å²) in [4.78, 5) is 10.5. The molecule has 0 spiro atoms. The van der Waals surface area contributed by atoms with Gasteiger partial charge in [-0.3, -0.25) is 0 Å². The highest BCUT2D eigenvalue weighted by Gasteiger charge is 2.46. The lowest BCUT2D eigenvalue weighted by molar-refractivity contribution is -0.214. The van der Waals surface area contributed by atoms with Gasteiger partial charge in [0.1, 0.15) is 6.29 Å². The fraction of sp³-hybridized carbons (Fsp3) is 0.875. The van der Waals surface area contributed by atoms with Crippen LogP contribution in [0.3, 0.4) is 0 Å². The highest BCUT2D eigenvalue weighted by atomic mass is 19.4. The lowest BCUT2D eigenvalue weighted by Crippen LogP contribution is -2.40. The van der Waals surface area contributed by atoms with Gasteiger partial charge in [-0.2, -0.15) is 13.2 Å². The Labute approximate surface area is 73.7 Å². The number of rotatable bonds is 3. The normalized spacial score (nSPS) is 23.4. The van der Waals surface area contributed by atoms with Gasteiger partial charge in [0.05, 0.1) is 0 Å². The lowest BCUT2D eigenvalue weighted by Gasteiger charge is -2.38. The first kappa shape index (κ1) is 10.5. The van der Waals surface area contributed by atoms with Crippen molar-refractivity contribution in [3.63, 3.8) is 0 Å². The molecule has 0 aromatic rings. The van der Waals surface area contributed by atoms with E-state index in [9.17, 15) is 18.0 Å². The third-order valence-electron chi connectivity index (χ3n) is 2.58. The Bertz CT molecular complexity index is 196. The van der Waals surface area contributed by atoms with Gasteiger partial charge >= 0.3 is 6.18 Å². The topological polar surface area (TPSA) is 37.3 Å². The van der Waals surface area contributed by atoms with E-state index < -0.39 is 24.1 Å². The van der Waals surface area contributed by atoms with Crippen LogP contribution in [0.5, 0.6) is 0 Å². The van der Waals surface area contributed by atoms with Crippen LogP contribution in [0.15, 0.2) is 0 Å². The van der Waals surface area contributed by atoms with Crippen molar-refractivity contribution in [1.29, 1.82) is 0 Å². The van der Waals surface area contributed by atoms with Gasteiger partial charge < -0.3 is 9.90 Å². The number of aldehydes is 1. The van der Waals surface area contributed by atoms with Gasteiger partial charge in [-0.05, 0) is 19.3 Å². The third kappa shape index (κ3) is 2.21. The van der Waals surface area contributed by atoms with Crippen molar-refractivity contribution >= 4 is 6.29 Å². The molecule has 1 unspecified atom stereocenters. The quantitative estimate of drug-likeness (QED) is 0.697. The summed E-state index contributed by atoms with van der Waals surface area (Å²) in [5, 5.41) is 8.73. The summed E-state index contributed by atoms with van der Waals surface area (Å²) >= 11 is 0. The van der Waals surface area contributed by atoms with Gasteiger partial charge in [0.2, 0.25) is 0 Å². The zero-order valence-electron chi connectivity index (χ0n) is 6.97. The van der Waals surface area contributed by atoms with Gasteiger partial charge in [-0.25, -0.2) is 0 Å². The summed E-state index contributed by atoms with van der Waals surface area (Å²) in [6.07, 6.45) is -5.22. The maximum absolute atomic E-state index is 11.9. The summed E-state index contributed by atoms with van der Waals surface area (Å²) < 4.78 is 35.7. The summed E-state index contributed by atoms with van der Waals surface area (Å²) in [6.45, 7) is 0. The summed E-state index contributed by atoms with van der Waals surface area (Å²) in [6, 6.07) is 0. The molecule has 0 aromatic carbocycles. The number of halogens is 3. The second kappa shape index (κ2) is 3.29. The number of alkyl halides is 3. The Balaban J connectivity index is 2.52. The summed E-state index contributed by atoms with van der Waals surface area (Å²) in [5.74, 6) is 0. The van der Waals surface area contributed by atoms with Crippen molar-refractivity contribution in [3.05, 3.63) is 0 Å². The van der Waals surface area contributed by atoms with Crippen LogP contribution in [-0.2, 0) is 4.79 Å². The molecule has 2 nitrogen and oxygen atoms in total. The van der Waals surface area contributed by atoms with Gasteiger partial charge in [-0.1, -0.05) is 6.42 Å². The molecule has 76 valence electrons. The van der Waals surface area contributed by atoms with E-state index in [0.717, 1.165) is 6.42 Å². The van der Waals surface area contributed by atoms with E-state index in [0.29, 0.717) is 19.1 Å². The van der Waals surface area contributed by atoms with Crippen LogP contribution in [-0.4, -0.2) is 23.7 Å².